The molecule has 2 bridgehead atoms. The van der Waals surface area contributed by atoms with Crippen LogP contribution in [0.1, 0.15) is 95.6 Å². The Kier molecular flexibility index (Phi) is 15.7. The number of carboxylic acid groups (broad SMARTS) is 2. The third kappa shape index (κ3) is 10.0. The summed E-state index contributed by atoms with van der Waals surface area (Å²) in [6, 6.07) is 19.7. The van der Waals surface area contributed by atoms with Crippen molar-refractivity contribution in [2.45, 2.75) is 132 Å². The van der Waals surface area contributed by atoms with Crippen LogP contribution >= 0.6 is 0 Å². The third-order valence-electron chi connectivity index (χ3n) is 10.6. The number of hydrogen-bond donors (Lipinski definition) is 4. The topological polar surface area (TPSA) is 212 Å². The number of methoxy groups -OCH3 is 1. The first-order valence-corrected chi connectivity index (χ1v) is 19.2. The van der Waals surface area contributed by atoms with Gasteiger partial charge in [-0.05, 0) is 55.6 Å². The lowest BCUT2D eigenvalue weighted by Gasteiger charge is -2.49. The van der Waals surface area contributed by atoms with Crippen molar-refractivity contribution in [2.24, 2.45) is 5.92 Å². The van der Waals surface area contributed by atoms with Crippen molar-refractivity contribution >= 4 is 35.9 Å². The summed E-state index contributed by atoms with van der Waals surface area (Å²) in [6.45, 7) is 3.13. The van der Waals surface area contributed by atoms with Crippen LogP contribution in [0.15, 0.2) is 66.7 Å². The van der Waals surface area contributed by atoms with Gasteiger partial charge in [-0.15, -0.1) is 0 Å². The van der Waals surface area contributed by atoms with Gasteiger partial charge in [-0.3, -0.25) is 9.59 Å². The normalized spacial score (nSPS) is 26.6. The first-order chi connectivity index (χ1) is 26.7. The van der Waals surface area contributed by atoms with Gasteiger partial charge < -0.3 is 44.1 Å². The first-order valence-electron chi connectivity index (χ1n) is 19.2. The second kappa shape index (κ2) is 20.0. The molecule has 2 fully saturated rings. The number of carboxylic acids is 2. The van der Waals surface area contributed by atoms with Crippen molar-refractivity contribution in [1.82, 2.24) is 0 Å². The minimum absolute atomic E-state index is 0.0167. The SMILES string of the molecule is COC(=O)C1OC2(CCCC(OC(C)=O)C(C)C/C=C/c3ccccc3)OC(C(=O)O)(C(OC(=O)CCCCCCCCc3ccccc3)C2O)C1(O)C(=O)O. The van der Waals surface area contributed by atoms with E-state index in [2.05, 4.69) is 12.1 Å². The standard InChI is InChI=1S/C42H54O14/c1-28(18-16-24-31-22-13-9-14-23-31)32(53-29(2)43)25-17-27-40-34(45)35(42(56-40,39(49)50)41(51,38(47)48)36(55-40)37(46)52-3)54-33(44)26-15-7-5-4-6-10-19-30-20-11-8-12-21-30/h8-9,11-14,16,20-24,28,32,34-36,45,51H,4-7,10,15,17-19,25-27H2,1-3H3,(H,47,48)(H,49,50)/b24-16+. The Morgan fingerprint density at radius 3 is 2.11 bits per heavy atom. The molecule has 0 spiro atoms. The van der Waals surface area contributed by atoms with E-state index in [1.165, 1.54) is 12.5 Å². The highest BCUT2D eigenvalue weighted by atomic mass is 16.8. The molecule has 2 heterocycles. The van der Waals surface area contributed by atoms with Crippen molar-refractivity contribution in [3.8, 4) is 0 Å². The number of hydrogen-bond acceptors (Lipinski definition) is 12. The van der Waals surface area contributed by atoms with Crippen LogP contribution in [0, 0.1) is 5.92 Å². The molecule has 14 nitrogen and oxygen atoms in total. The summed E-state index contributed by atoms with van der Waals surface area (Å²) < 4.78 is 27.4. The summed E-state index contributed by atoms with van der Waals surface area (Å²) in [7, 11) is 0.875. The summed E-state index contributed by atoms with van der Waals surface area (Å²) in [4.78, 5) is 64.2. The van der Waals surface area contributed by atoms with Gasteiger partial charge in [0.05, 0.1) is 7.11 Å². The van der Waals surface area contributed by atoms with Gasteiger partial charge in [0.1, 0.15) is 12.2 Å². The lowest BCUT2D eigenvalue weighted by molar-refractivity contribution is -0.374. The van der Waals surface area contributed by atoms with Gasteiger partial charge in [-0.2, -0.15) is 0 Å². The summed E-state index contributed by atoms with van der Waals surface area (Å²) in [5.74, 6) is -10.0. The highest BCUT2D eigenvalue weighted by Gasteiger charge is 2.86. The van der Waals surface area contributed by atoms with Gasteiger partial charge in [0.25, 0.3) is 0 Å². The number of aryl methyl sites for hydroxylation is 1. The Balaban J connectivity index is 1.48. The van der Waals surface area contributed by atoms with Crippen LogP contribution in [-0.2, 0) is 54.1 Å². The van der Waals surface area contributed by atoms with Crippen molar-refractivity contribution in [3.05, 3.63) is 77.9 Å². The van der Waals surface area contributed by atoms with Crippen LogP contribution in [0.2, 0.25) is 0 Å². The average Bonchev–Trinajstić information content (AvgIpc) is 3.38. The van der Waals surface area contributed by atoms with E-state index >= 15 is 0 Å². The van der Waals surface area contributed by atoms with E-state index < -0.39 is 77.7 Å². The minimum atomic E-state index is -3.72. The first kappa shape index (κ1) is 44.1. The Labute approximate surface area is 326 Å². The lowest BCUT2D eigenvalue weighted by atomic mass is 9.74. The molecule has 0 aliphatic carbocycles. The molecule has 0 amide bonds. The maximum atomic E-state index is 13.2. The quantitative estimate of drug-likeness (QED) is 0.0703. The summed E-state index contributed by atoms with van der Waals surface area (Å²) in [5, 5.41) is 44.3. The van der Waals surface area contributed by atoms with E-state index in [0.717, 1.165) is 44.8 Å². The van der Waals surface area contributed by atoms with E-state index in [-0.39, 0.29) is 25.2 Å². The fourth-order valence-electron chi connectivity index (χ4n) is 7.55. The zero-order chi connectivity index (χ0) is 40.9. The Hall–Kier alpha value is -4.63. The second-order valence-corrected chi connectivity index (χ2v) is 14.6. The maximum Gasteiger partial charge on any atom is 0.344 e. The number of aliphatic hydroxyl groups excluding tert-OH is 1. The number of aliphatic carboxylic acids is 2. The largest absolute Gasteiger partial charge is 0.479 e. The van der Waals surface area contributed by atoms with Gasteiger partial charge in [0.2, 0.25) is 23.1 Å². The van der Waals surface area contributed by atoms with Crippen molar-refractivity contribution in [3.63, 3.8) is 0 Å². The molecule has 14 heteroatoms. The molecule has 2 aliphatic heterocycles. The van der Waals surface area contributed by atoms with Gasteiger partial charge in [0, 0.05) is 19.8 Å². The van der Waals surface area contributed by atoms with Gasteiger partial charge >= 0.3 is 29.8 Å². The molecule has 0 saturated carbocycles. The Morgan fingerprint density at radius 1 is 0.875 bits per heavy atom. The average molecular weight is 783 g/mol. The number of ether oxygens (including phenoxy) is 5. The predicted octanol–water partition coefficient (Wildman–Crippen LogP) is 5.01. The number of allylic oxidation sites excluding steroid dienone is 1. The number of fused-ring (bicyclic) bond motifs is 2. The predicted molar refractivity (Wildman–Crippen MR) is 201 cm³/mol. The van der Waals surface area contributed by atoms with Crippen LogP contribution in [0.4, 0.5) is 0 Å². The molecule has 4 N–H and O–H groups in total. The van der Waals surface area contributed by atoms with Crippen molar-refractivity contribution in [1.29, 1.82) is 0 Å². The summed E-state index contributed by atoms with van der Waals surface area (Å²) in [6.07, 6.45) is 1.96. The zero-order valence-corrected chi connectivity index (χ0v) is 32.2. The number of carbonyl (C=O) groups excluding carboxylic acids is 3. The molecule has 2 aliphatic rings. The molecule has 8 unspecified atom stereocenters. The van der Waals surface area contributed by atoms with Crippen LogP contribution in [0.25, 0.3) is 6.08 Å². The van der Waals surface area contributed by atoms with Crippen LogP contribution in [0.5, 0.6) is 0 Å². The van der Waals surface area contributed by atoms with E-state index in [1.54, 1.807) is 0 Å². The number of aliphatic hydroxyl groups is 2. The monoisotopic (exact) mass is 782 g/mol. The van der Waals surface area contributed by atoms with Crippen molar-refractivity contribution in [2.75, 3.05) is 7.11 Å². The minimum Gasteiger partial charge on any atom is -0.479 e. The third-order valence-corrected chi connectivity index (χ3v) is 10.6. The van der Waals surface area contributed by atoms with E-state index in [9.17, 15) is 44.4 Å². The highest BCUT2D eigenvalue weighted by molar-refractivity contribution is 5.98. The number of carbonyl (C=O) groups is 5. The fraction of sp³-hybridized carbons (Fsp3) is 0.548. The number of unbranched alkanes of at least 4 members (excludes halogenated alkanes) is 5. The molecular weight excluding hydrogens is 728 g/mol. The number of esters is 3. The molecule has 306 valence electrons. The molecule has 4 rings (SSSR count). The smallest absolute Gasteiger partial charge is 0.344 e. The van der Waals surface area contributed by atoms with Crippen LogP contribution in [0.3, 0.4) is 0 Å². The summed E-state index contributed by atoms with van der Waals surface area (Å²) >= 11 is 0. The maximum absolute atomic E-state index is 13.2. The molecule has 2 aromatic rings. The van der Waals surface area contributed by atoms with E-state index in [0.29, 0.717) is 19.3 Å². The Bertz CT molecular complexity index is 1660. The number of benzene rings is 2. The molecule has 2 saturated heterocycles. The summed E-state index contributed by atoms with van der Waals surface area (Å²) in [5.41, 5.74) is -4.89. The molecule has 0 radical (unpaired) electrons. The lowest BCUT2D eigenvalue weighted by Crippen LogP contribution is -2.78. The second-order valence-electron chi connectivity index (χ2n) is 14.6. The van der Waals surface area contributed by atoms with Gasteiger partial charge in [-0.1, -0.05) is 105 Å². The van der Waals surface area contributed by atoms with Crippen LogP contribution < -0.4 is 0 Å². The highest BCUT2D eigenvalue weighted by Crippen LogP contribution is 2.56. The van der Waals surface area contributed by atoms with E-state index in [1.807, 2.05) is 67.6 Å². The Morgan fingerprint density at radius 2 is 1.50 bits per heavy atom. The molecule has 0 aromatic heterocycles. The van der Waals surface area contributed by atoms with Gasteiger partial charge in [0.15, 0.2) is 6.10 Å². The molecule has 56 heavy (non-hydrogen) atoms. The molecule has 8 atom stereocenters. The fourth-order valence-corrected chi connectivity index (χ4v) is 7.55. The zero-order valence-electron chi connectivity index (χ0n) is 32.2. The van der Waals surface area contributed by atoms with Gasteiger partial charge in [-0.25, -0.2) is 14.4 Å². The number of rotatable bonds is 22. The van der Waals surface area contributed by atoms with E-state index in [4.69, 9.17) is 23.7 Å². The molecular formula is C42H54O14. The molecule has 2 aromatic carbocycles. The van der Waals surface area contributed by atoms with Crippen LogP contribution in [-0.4, -0.2) is 98.8 Å². The van der Waals surface area contributed by atoms with Crippen molar-refractivity contribution < 1.29 is 68.1 Å².